The molecule has 1 saturated heterocycles. The van der Waals surface area contributed by atoms with Crippen LogP contribution in [0.3, 0.4) is 0 Å². The Morgan fingerprint density at radius 1 is 1.14 bits per heavy atom. The molecule has 2 rings (SSSR count). The summed E-state index contributed by atoms with van der Waals surface area (Å²) in [6, 6.07) is 4.46. The van der Waals surface area contributed by atoms with Gasteiger partial charge in [0.2, 0.25) is 5.91 Å². The van der Waals surface area contributed by atoms with Crippen molar-refractivity contribution in [3.8, 4) is 0 Å². The molecule has 1 aromatic rings. The smallest absolute Gasteiger partial charge is 0.255 e. The van der Waals surface area contributed by atoms with Crippen LogP contribution in [0.4, 0.5) is 0 Å². The van der Waals surface area contributed by atoms with Crippen LogP contribution in [0, 0.1) is 0 Å². The van der Waals surface area contributed by atoms with Crippen LogP contribution < -0.4 is 5.73 Å². The Morgan fingerprint density at radius 3 is 2.29 bits per heavy atom. The summed E-state index contributed by atoms with van der Waals surface area (Å²) in [4.78, 5) is 27.6. The third-order valence-electron chi connectivity index (χ3n) is 3.45. The third-order valence-corrected chi connectivity index (χ3v) is 4.27. The van der Waals surface area contributed by atoms with E-state index in [2.05, 4.69) is 0 Å². The second kappa shape index (κ2) is 6.64. The Kier molecular flexibility index (Phi) is 5.08. The summed E-state index contributed by atoms with van der Waals surface area (Å²) in [7, 11) is 0. The quantitative estimate of drug-likeness (QED) is 0.896. The van der Waals surface area contributed by atoms with E-state index in [0.29, 0.717) is 36.8 Å². The molecule has 1 fully saturated rings. The van der Waals surface area contributed by atoms with Crippen molar-refractivity contribution in [1.29, 1.82) is 0 Å². The average Bonchev–Trinajstić information content (AvgIpc) is 2.48. The number of amides is 2. The normalized spacial score (nSPS) is 16.8. The summed E-state index contributed by atoms with van der Waals surface area (Å²) < 4.78 is 0. The minimum atomic E-state index is -0.519. The minimum Gasteiger partial charge on any atom is -0.338 e. The zero-order valence-corrected chi connectivity index (χ0v) is 13.2. The zero-order chi connectivity index (χ0) is 15.6. The van der Waals surface area contributed by atoms with Gasteiger partial charge < -0.3 is 15.5 Å². The summed E-state index contributed by atoms with van der Waals surface area (Å²) >= 11 is 12.0. The van der Waals surface area contributed by atoms with Gasteiger partial charge in [-0.25, -0.2) is 0 Å². The highest BCUT2D eigenvalue weighted by atomic mass is 35.5. The summed E-state index contributed by atoms with van der Waals surface area (Å²) in [5, 5.41) is 0.617. The van der Waals surface area contributed by atoms with Gasteiger partial charge in [0, 0.05) is 26.2 Å². The first-order chi connectivity index (χ1) is 9.91. The van der Waals surface area contributed by atoms with Crippen molar-refractivity contribution in [2.75, 3.05) is 26.2 Å². The van der Waals surface area contributed by atoms with Gasteiger partial charge in [0.1, 0.15) is 0 Å². The summed E-state index contributed by atoms with van der Waals surface area (Å²) in [6.07, 6.45) is 0. The molecule has 2 N–H and O–H groups in total. The SMILES string of the molecule is C[C@H](N)C(=O)N1CCN(C(=O)c2cccc(Cl)c2Cl)CC1. The fraction of sp³-hybridized carbons (Fsp3) is 0.429. The van der Waals surface area contributed by atoms with E-state index in [9.17, 15) is 9.59 Å². The lowest BCUT2D eigenvalue weighted by Gasteiger charge is -2.35. The van der Waals surface area contributed by atoms with Gasteiger partial charge in [-0.1, -0.05) is 29.3 Å². The first-order valence-corrected chi connectivity index (χ1v) is 7.45. The number of nitrogens with zero attached hydrogens (tertiary/aromatic N) is 2. The zero-order valence-electron chi connectivity index (χ0n) is 11.7. The van der Waals surface area contributed by atoms with Crippen molar-refractivity contribution in [3.05, 3.63) is 33.8 Å². The van der Waals surface area contributed by atoms with Crippen molar-refractivity contribution >= 4 is 35.0 Å². The maximum Gasteiger partial charge on any atom is 0.255 e. The highest BCUT2D eigenvalue weighted by molar-refractivity contribution is 6.43. The Hall–Kier alpha value is -1.30. The lowest BCUT2D eigenvalue weighted by molar-refractivity contribution is -0.133. The molecule has 21 heavy (non-hydrogen) atoms. The predicted molar refractivity (Wildman–Crippen MR) is 82.6 cm³/mol. The maximum atomic E-state index is 12.4. The monoisotopic (exact) mass is 329 g/mol. The van der Waals surface area contributed by atoms with Crippen LogP contribution in [0.2, 0.25) is 10.0 Å². The number of hydrogen-bond donors (Lipinski definition) is 1. The molecule has 0 radical (unpaired) electrons. The average molecular weight is 330 g/mol. The Bertz CT molecular complexity index is 555. The summed E-state index contributed by atoms with van der Waals surface area (Å²) in [6.45, 7) is 3.53. The molecule has 0 saturated carbocycles. The van der Waals surface area contributed by atoms with Crippen LogP contribution in [0.25, 0.3) is 0 Å². The van der Waals surface area contributed by atoms with Crippen LogP contribution in [-0.2, 0) is 4.79 Å². The largest absolute Gasteiger partial charge is 0.338 e. The van der Waals surface area contributed by atoms with Crippen LogP contribution in [0.5, 0.6) is 0 Å². The lowest BCUT2D eigenvalue weighted by atomic mass is 10.1. The number of halogens is 2. The molecule has 0 unspecified atom stereocenters. The molecule has 1 atom stereocenters. The molecule has 114 valence electrons. The number of piperazine rings is 1. The Morgan fingerprint density at radius 2 is 1.71 bits per heavy atom. The van der Waals surface area contributed by atoms with E-state index in [-0.39, 0.29) is 16.8 Å². The number of benzene rings is 1. The predicted octanol–water partition coefficient (Wildman–Crippen LogP) is 1.63. The molecule has 0 aliphatic carbocycles. The van der Waals surface area contributed by atoms with Crippen LogP contribution >= 0.6 is 23.2 Å². The number of hydrogen-bond acceptors (Lipinski definition) is 3. The molecule has 1 aromatic carbocycles. The van der Waals surface area contributed by atoms with E-state index >= 15 is 0 Å². The number of nitrogens with two attached hydrogens (primary N) is 1. The molecule has 0 bridgehead atoms. The van der Waals surface area contributed by atoms with Crippen molar-refractivity contribution < 1.29 is 9.59 Å². The van der Waals surface area contributed by atoms with Gasteiger partial charge >= 0.3 is 0 Å². The molecule has 1 heterocycles. The molecule has 0 spiro atoms. The number of rotatable bonds is 2. The standard InChI is InChI=1S/C14H17Cl2N3O2/c1-9(17)13(20)18-5-7-19(8-6-18)14(21)10-3-2-4-11(15)12(10)16/h2-4,9H,5-8,17H2,1H3/t9-/m0/s1. The fourth-order valence-corrected chi connectivity index (χ4v) is 2.64. The van der Waals surface area contributed by atoms with E-state index in [0.717, 1.165) is 0 Å². The van der Waals surface area contributed by atoms with Gasteiger partial charge in [-0.2, -0.15) is 0 Å². The van der Waals surface area contributed by atoms with E-state index in [1.165, 1.54) is 0 Å². The molecule has 0 aromatic heterocycles. The van der Waals surface area contributed by atoms with Crippen molar-refractivity contribution in [2.24, 2.45) is 5.73 Å². The van der Waals surface area contributed by atoms with Gasteiger partial charge in [0.05, 0.1) is 21.7 Å². The van der Waals surface area contributed by atoms with Gasteiger partial charge in [-0.05, 0) is 19.1 Å². The van der Waals surface area contributed by atoms with Gasteiger partial charge in [-0.15, -0.1) is 0 Å². The fourth-order valence-electron chi connectivity index (χ4n) is 2.26. The molecule has 1 aliphatic heterocycles. The van der Waals surface area contributed by atoms with Gasteiger partial charge in [-0.3, -0.25) is 9.59 Å². The molecule has 1 aliphatic rings. The first-order valence-electron chi connectivity index (χ1n) is 6.69. The first kappa shape index (κ1) is 16.1. The van der Waals surface area contributed by atoms with E-state index in [1.807, 2.05) is 0 Å². The second-order valence-electron chi connectivity index (χ2n) is 5.01. The van der Waals surface area contributed by atoms with Crippen molar-refractivity contribution in [2.45, 2.75) is 13.0 Å². The summed E-state index contributed by atoms with van der Waals surface area (Å²) in [5.41, 5.74) is 5.97. The van der Waals surface area contributed by atoms with E-state index in [4.69, 9.17) is 28.9 Å². The minimum absolute atomic E-state index is 0.0945. The topological polar surface area (TPSA) is 66.6 Å². The van der Waals surface area contributed by atoms with Crippen molar-refractivity contribution in [1.82, 2.24) is 9.80 Å². The molecule has 5 nitrogen and oxygen atoms in total. The summed E-state index contributed by atoms with van der Waals surface area (Å²) in [5.74, 6) is -0.265. The molecular formula is C14H17Cl2N3O2. The molecular weight excluding hydrogens is 313 g/mol. The molecule has 7 heteroatoms. The van der Waals surface area contributed by atoms with Crippen LogP contribution in [0.15, 0.2) is 18.2 Å². The third kappa shape index (κ3) is 3.48. The van der Waals surface area contributed by atoms with E-state index < -0.39 is 6.04 Å². The van der Waals surface area contributed by atoms with Crippen LogP contribution in [-0.4, -0.2) is 53.8 Å². The van der Waals surface area contributed by atoms with Gasteiger partial charge in [0.15, 0.2) is 0 Å². The highest BCUT2D eigenvalue weighted by Gasteiger charge is 2.27. The Labute approximate surface area is 133 Å². The highest BCUT2D eigenvalue weighted by Crippen LogP contribution is 2.26. The lowest BCUT2D eigenvalue weighted by Crippen LogP contribution is -2.53. The molecule has 2 amide bonds. The van der Waals surface area contributed by atoms with Gasteiger partial charge in [0.25, 0.3) is 5.91 Å². The van der Waals surface area contributed by atoms with E-state index in [1.54, 1.807) is 34.9 Å². The van der Waals surface area contributed by atoms with Crippen molar-refractivity contribution in [3.63, 3.8) is 0 Å². The Balaban J connectivity index is 2.04. The van der Waals surface area contributed by atoms with Crippen LogP contribution in [0.1, 0.15) is 17.3 Å². The number of carbonyl (C=O) groups excluding carboxylic acids is 2. The second-order valence-corrected chi connectivity index (χ2v) is 5.79. The maximum absolute atomic E-state index is 12.4. The number of carbonyl (C=O) groups is 2.